The first kappa shape index (κ1) is 23.4. The topological polar surface area (TPSA) is 98.6 Å². The van der Waals surface area contributed by atoms with Gasteiger partial charge in [-0.1, -0.05) is 68.4 Å². The van der Waals surface area contributed by atoms with Gasteiger partial charge >= 0.3 is 5.97 Å². The van der Waals surface area contributed by atoms with Crippen molar-refractivity contribution in [3.63, 3.8) is 0 Å². The quantitative estimate of drug-likeness (QED) is 0.302. The van der Waals surface area contributed by atoms with Gasteiger partial charge in [0.15, 0.2) is 5.82 Å². The van der Waals surface area contributed by atoms with Crippen LogP contribution >= 0.6 is 0 Å². The van der Waals surface area contributed by atoms with Crippen LogP contribution < -0.4 is 0 Å². The normalized spacial score (nSPS) is 11.3. The maximum Gasteiger partial charge on any atom is 0.340 e. The molecule has 0 saturated heterocycles. The largest absolute Gasteiger partial charge is 0.462 e. The molecule has 8 heteroatoms. The van der Waals surface area contributed by atoms with E-state index in [1.807, 2.05) is 43.3 Å². The van der Waals surface area contributed by atoms with Crippen LogP contribution in [0.3, 0.4) is 0 Å². The highest BCUT2D eigenvalue weighted by molar-refractivity contribution is 6.02. The number of nitrogens with zero attached hydrogens (tertiary/aromatic N) is 5. The van der Waals surface area contributed by atoms with Crippen LogP contribution in [-0.4, -0.2) is 42.8 Å². The molecule has 0 saturated carbocycles. The summed E-state index contributed by atoms with van der Waals surface area (Å²) >= 11 is 0. The highest BCUT2D eigenvalue weighted by atomic mass is 16.5. The first-order chi connectivity index (χ1) is 17.5. The van der Waals surface area contributed by atoms with Gasteiger partial charge in [0.25, 0.3) is 0 Å². The standard InChI is InChI=1S/C28H28N6O2/c1-4-36-28(35)23-10-7-11-24-26(23)34(25(29-24)16-18(2)3)17-19-12-14-20(15-13-19)21-8-5-6-9-22(21)27-30-32-33-31-27/h5-15,18H,4,16-17H2,1-3H3,(H,30,31,32,33). The predicted octanol–water partition coefficient (Wildman–Crippen LogP) is 5.31. The van der Waals surface area contributed by atoms with E-state index in [4.69, 9.17) is 9.72 Å². The van der Waals surface area contributed by atoms with Gasteiger partial charge in [-0.25, -0.2) is 14.9 Å². The highest BCUT2D eigenvalue weighted by Crippen LogP contribution is 2.30. The molecule has 0 aliphatic carbocycles. The Hall–Kier alpha value is -4.33. The Labute approximate surface area is 209 Å². The number of imidazole rings is 1. The number of hydrogen-bond donors (Lipinski definition) is 1. The lowest BCUT2D eigenvalue weighted by Gasteiger charge is -2.14. The monoisotopic (exact) mass is 480 g/mol. The van der Waals surface area contributed by atoms with Crippen molar-refractivity contribution in [2.45, 2.75) is 33.7 Å². The Morgan fingerprint density at radius 2 is 1.78 bits per heavy atom. The molecule has 3 aromatic carbocycles. The molecule has 8 nitrogen and oxygen atoms in total. The molecule has 0 fully saturated rings. The fourth-order valence-corrected chi connectivity index (χ4v) is 4.49. The molecule has 0 bridgehead atoms. The zero-order chi connectivity index (χ0) is 25.1. The van der Waals surface area contributed by atoms with E-state index in [9.17, 15) is 4.79 Å². The molecule has 2 aromatic heterocycles. The van der Waals surface area contributed by atoms with Crippen LogP contribution in [0, 0.1) is 5.92 Å². The molecule has 0 radical (unpaired) electrons. The molecule has 0 unspecified atom stereocenters. The van der Waals surface area contributed by atoms with E-state index in [0.29, 0.717) is 30.5 Å². The van der Waals surface area contributed by atoms with Crippen molar-refractivity contribution >= 4 is 17.0 Å². The van der Waals surface area contributed by atoms with E-state index in [-0.39, 0.29) is 5.97 Å². The maximum absolute atomic E-state index is 12.7. The first-order valence-electron chi connectivity index (χ1n) is 12.1. The van der Waals surface area contributed by atoms with Gasteiger partial charge in [-0.3, -0.25) is 0 Å². The van der Waals surface area contributed by atoms with Gasteiger partial charge in [0.1, 0.15) is 5.82 Å². The number of H-pyrrole nitrogens is 1. The second kappa shape index (κ2) is 10.1. The fraction of sp³-hybridized carbons (Fsp3) is 0.250. The van der Waals surface area contributed by atoms with Crippen molar-refractivity contribution in [3.8, 4) is 22.5 Å². The molecule has 0 atom stereocenters. The van der Waals surface area contributed by atoms with Crippen molar-refractivity contribution in [3.05, 3.63) is 83.7 Å². The SMILES string of the molecule is CCOC(=O)c1cccc2nc(CC(C)C)n(Cc3ccc(-c4ccccc4-c4nnn[nH]4)cc3)c12. The molecule has 0 spiro atoms. The number of nitrogens with one attached hydrogen (secondary N) is 1. The second-order valence-corrected chi connectivity index (χ2v) is 9.10. The zero-order valence-electron chi connectivity index (χ0n) is 20.6. The number of fused-ring (bicyclic) bond motifs is 1. The smallest absolute Gasteiger partial charge is 0.340 e. The van der Waals surface area contributed by atoms with E-state index in [1.165, 1.54) is 0 Å². The van der Waals surface area contributed by atoms with Crippen LogP contribution in [0.4, 0.5) is 0 Å². The molecule has 182 valence electrons. The summed E-state index contributed by atoms with van der Waals surface area (Å²) in [7, 11) is 0. The number of aromatic amines is 1. The van der Waals surface area contributed by atoms with Crippen molar-refractivity contribution < 1.29 is 9.53 Å². The highest BCUT2D eigenvalue weighted by Gasteiger charge is 2.20. The van der Waals surface area contributed by atoms with E-state index < -0.39 is 0 Å². The number of para-hydroxylation sites is 1. The summed E-state index contributed by atoms with van der Waals surface area (Å²) < 4.78 is 7.50. The summed E-state index contributed by atoms with van der Waals surface area (Å²) in [5.74, 6) is 1.69. The minimum atomic E-state index is -0.325. The Bertz CT molecular complexity index is 1490. The fourth-order valence-electron chi connectivity index (χ4n) is 4.49. The number of ether oxygens (including phenoxy) is 1. The van der Waals surface area contributed by atoms with Crippen molar-refractivity contribution in [1.29, 1.82) is 0 Å². The zero-order valence-corrected chi connectivity index (χ0v) is 20.6. The Kier molecular flexibility index (Phi) is 6.58. The van der Waals surface area contributed by atoms with Gasteiger partial charge in [-0.2, -0.15) is 0 Å². The molecule has 1 N–H and O–H groups in total. The number of carbonyl (C=O) groups is 1. The van der Waals surface area contributed by atoms with Crippen LogP contribution in [0.2, 0.25) is 0 Å². The van der Waals surface area contributed by atoms with Crippen LogP contribution in [0.1, 0.15) is 42.5 Å². The third-order valence-electron chi connectivity index (χ3n) is 6.07. The molecule has 2 heterocycles. The van der Waals surface area contributed by atoms with Gasteiger partial charge in [0.05, 0.1) is 23.2 Å². The number of carbonyl (C=O) groups excluding carboxylic acids is 1. The number of esters is 1. The summed E-state index contributed by atoms with van der Waals surface area (Å²) in [6.45, 7) is 7.09. The maximum atomic E-state index is 12.7. The summed E-state index contributed by atoms with van der Waals surface area (Å²) in [5, 5.41) is 14.3. The summed E-state index contributed by atoms with van der Waals surface area (Å²) in [5.41, 5.74) is 6.33. The molecule has 5 aromatic rings. The Balaban J connectivity index is 1.53. The van der Waals surface area contributed by atoms with Crippen LogP contribution in [0.25, 0.3) is 33.5 Å². The van der Waals surface area contributed by atoms with Gasteiger partial charge in [-0.15, -0.1) is 5.10 Å². The lowest BCUT2D eigenvalue weighted by Crippen LogP contribution is -2.11. The molecular weight excluding hydrogens is 452 g/mol. The Morgan fingerprint density at radius 3 is 2.47 bits per heavy atom. The van der Waals surface area contributed by atoms with Gasteiger partial charge in [0.2, 0.25) is 0 Å². The van der Waals surface area contributed by atoms with Crippen molar-refractivity contribution in [2.75, 3.05) is 6.61 Å². The second-order valence-electron chi connectivity index (χ2n) is 9.10. The van der Waals surface area contributed by atoms with Crippen molar-refractivity contribution in [1.82, 2.24) is 30.2 Å². The van der Waals surface area contributed by atoms with Crippen LogP contribution in [-0.2, 0) is 17.7 Å². The van der Waals surface area contributed by atoms with Gasteiger partial charge in [-0.05, 0) is 52.1 Å². The predicted molar refractivity (Wildman–Crippen MR) is 138 cm³/mol. The lowest BCUT2D eigenvalue weighted by atomic mass is 9.98. The Morgan fingerprint density at radius 1 is 1.00 bits per heavy atom. The summed E-state index contributed by atoms with van der Waals surface area (Å²) in [6.07, 6.45) is 0.813. The average molecular weight is 481 g/mol. The van der Waals surface area contributed by atoms with Crippen molar-refractivity contribution in [2.24, 2.45) is 5.92 Å². The summed E-state index contributed by atoms with van der Waals surface area (Å²) in [4.78, 5) is 17.6. The minimum Gasteiger partial charge on any atom is -0.462 e. The molecule has 36 heavy (non-hydrogen) atoms. The molecule has 0 aliphatic heterocycles. The van der Waals surface area contributed by atoms with Crippen LogP contribution in [0.15, 0.2) is 66.7 Å². The van der Waals surface area contributed by atoms with Gasteiger partial charge in [0, 0.05) is 18.5 Å². The third-order valence-corrected chi connectivity index (χ3v) is 6.07. The lowest BCUT2D eigenvalue weighted by molar-refractivity contribution is 0.0528. The molecule has 0 aliphatic rings. The number of tetrazole rings is 1. The number of hydrogen-bond acceptors (Lipinski definition) is 6. The number of benzene rings is 3. The first-order valence-corrected chi connectivity index (χ1v) is 12.1. The molecule has 5 rings (SSSR count). The van der Waals surface area contributed by atoms with E-state index in [0.717, 1.165) is 45.5 Å². The molecular formula is C28H28N6O2. The third kappa shape index (κ3) is 4.62. The van der Waals surface area contributed by atoms with E-state index in [2.05, 4.69) is 69.4 Å². The van der Waals surface area contributed by atoms with E-state index in [1.54, 1.807) is 0 Å². The van der Waals surface area contributed by atoms with E-state index >= 15 is 0 Å². The number of aromatic nitrogens is 6. The number of rotatable bonds is 8. The van der Waals surface area contributed by atoms with Crippen LogP contribution in [0.5, 0.6) is 0 Å². The van der Waals surface area contributed by atoms with Gasteiger partial charge < -0.3 is 9.30 Å². The molecule has 0 amide bonds. The average Bonchev–Trinajstić information content (AvgIpc) is 3.53. The minimum absolute atomic E-state index is 0.325. The summed E-state index contributed by atoms with van der Waals surface area (Å²) in [6, 6.07) is 22.1.